The van der Waals surface area contributed by atoms with Gasteiger partial charge >= 0.3 is 0 Å². The van der Waals surface area contributed by atoms with Crippen molar-refractivity contribution in [3.8, 4) is 0 Å². The molecule has 23 heavy (non-hydrogen) atoms. The van der Waals surface area contributed by atoms with Crippen molar-refractivity contribution in [2.75, 3.05) is 33.0 Å². The number of rotatable bonds is 7. The monoisotopic (exact) mass is 326 g/mol. The van der Waals surface area contributed by atoms with Gasteiger partial charge in [0.25, 0.3) is 5.97 Å². The summed E-state index contributed by atoms with van der Waals surface area (Å²) in [7, 11) is 0. The molecule has 0 radical (unpaired) electrons. The smallest absolute Gasteiger partial charge is 0.282 e. The van der Waals surface area contributed by atoms with Gasteiger partial charge in [-0.1, -0.05) is 32.9 Å². The lowest BCUT2D eigenvalue weighted by molar-refractivity contribution is -0.467. The Balaban J connectivity index is 1.35. The summed E-state index contributed by atoms with van der Waals surface area (Å²) in [6.45, 7) is 10.0. The molecule has 0 unspecified atom stereocenters. The highest BCUT2D eigenvalue weighted by atomic mass is 16.9. The summed E-state index contributed by atoms with van der Waals surface area (Å²) >= 11 is 0. The van der Waals surface area contributed by atoms with Crippen LogP contribution in [0.5, 0.6) is 0 Å². The molecule has 4 fully saturated rings. The van der Waals surface area contributed by atoms with Gasteiger partial charge in [-0.3, -0.25) is 0 Å². The topological polar surface area (TPSA) is 46.2 Å². The minimum absolute atomic E-state index is 0.0421. The minimum Gasteiger partial charge on any atom is -0.349 e. The van der Waals surface area contributed by atoms with Crippen LogP contribution in [0.15, 0.2) is 12.2 Å². The quantitative estimate of drug-likeness (QED) is 0.531. The first-order valence-corrected chi connectivity index (χ1v) is 8.76. The van der Waals surface area contributed by atoms with Crippen LogP contribution < -0.4 is 0 Å². The van der Waals surface area contributed by atoms with Gasteiger partial charge in [-0.05, 0) is 19.3 Å². The van der Waals surface area contributed by atoms with E-state index in [9.17, 15) is 0 Å². The Bertz CT molecular complexity index is 401. The number of unbranched alkanes of at least 4 members (excludes halogenated alkanes) is 2. The van der Waals surface area contributed by atoms with Crippen molar-refractivity contribution in [2.45, 2.75) is 58.7 Å². The van der Waals surface area contributed by atoms with Gasteiger partial charge in [-0.25, -0.2) is 0 Å². The first-order valence-electron chi connectivity index (χ1n) is 8.76. The van der Waals surface area contributed by atoms with E-state index < -0.39 is 5.97 Å². The van der Waals surface area contributed by atoms with Gasteiger partial charge in [0.1, 0.15) is 0 Å². The molecule has 4 heterocycles. The summed E-state index contributed by atoms with van der Waals surface area (Å²) in [6.07, 6.45) is 8.26. The number of hydrogen-bond donors (Lipinski definition) is 0. The number of hydrogen-bond acceptors (Lipinski definition) is 5. The van der Waals surface area contributed by atoms with Crippen LogP contribution in [0, 0.1) is 10.8 Å². The minimum atomic E-state index is -0.772. The van der Waals surface area contributed by atoms with E-state index in [0.717, 1.165) is 45.5 Å². The molecule has 0 saturated carbocycles. The molecule has 5 heteroatoms. The standard InChI is InChI=1S/C18H30O5/c1-16(2,15-19-10-11-20-15)8-6-4-5-7-9-18-21-12-17(3,13-22-18)14-23-18/h6,8,15H,4-5,7,9-14H2,1-3H3/b8-6-. The second-order valence-electron chi connectivity index (χ2n) is 7.90. The van der Waals surface area contributed by atoms with Crippen molar-refractivity contribution in [3.05, 3.63) is 12.2 Å². The fourth-order valence-electron chi connectivity index (χ4n) is 3.18. The van der Waals surface area contributed by atoms with Gasteiger partial charge in [0.2, 0.25) is 0 Å². The highest BCUT2D eigenvalue weighted by molar-refractivity contribution is 4.97. The van der Waals surface area contributed by atoms with E-state index in [-0.39, 0.29) is 17.1 Å². The number of allylic oxidation sites excluding steroid dienone is 1. The van der Waals surface area contributed by atoms with E-state index in [1.165, 1.54) is 0 Å². The van der Waals surface area contributed by atoms with Crippen LogP contribution in [0.2, 0.25) is 0 Å². The molecule has 4 aliphatic rings. The Labute approximate surface area is 139 Å². The van der Waals surface area contributed by atoms with Crippen molar-refractivity contribution in [2.24, 2.45) is 10.8 Å². The van der Waals surface area contributed by atoms with E-state index in [1.54, 1.807) is 0 Å². The van der Waals surface area contributed by atoms with Crippen LogP contribution in [0.1, 0.15) is 46.5 Å². The van der Waals surface area contributed by atoms with Crippen molar-refractivity contribution in [1.82, 2.24) is 0 Å². The fraction of sp³-hybridized carbons (Fsp3) is 0.889. The molecule has 132 valence electrons. The molecule has 4 aliphatic heterocycles. The van der Waals surface area contributed by atoms with E-state index >= 15 is 0 Å². The predicted octanol–water partition coefficient (Wildman–Crippen LogP) is 3.24. The van der Waals surface area contributed by atoms with Crippen LogP contribution in [-0.2, 0) is 23.7 Å². The maximum atomic E-state index is 5.80. The molecule has 0 N–H and O–H groups in total. The van der Waals surface area contributed by atoms with Crippen LogP contribution in [0.3, 0.4) is 0 Å². The molecular formula is C18H30O5. The van der Waals surface area contributed by atoms with Crippen LogP contribution in [0.25, 0.3) is 0 Å². The summed E-state index contributed by atoms with van der Waals surface area (Å²) in [5, 5.41) is 0. The zero-order chi connectivity index (χ0) is 16.4. The summed E-state index contributed by atoms with van der Waals surface area (Å²) < 4.78 is 28.6. The molecule has 0 aromatic heterocycles. The lowest BCUT2D eigenvalue weighted by Gasteiger charge is -2.50. The van der Waals surface area contributed by atoms with Gasteiger partial charge in [0.05, 0.1) is 33.0 Å². The Morgan fingerprint density at radius 2 is 1.61 bits per heavy atom. The van der Waals surface area contributed by atoms with Crippen LogP contribution in [0.4, 0.5) is 0 Å². The highest BCUT2D eigenvalue weighted by Crippen LogP contribution is 2.40. The summed E-state index contributed by atoms with van der Waals surface area (Å²) in [6, 6.07) is 0. The predicted molar refractivity (Wildman–Crippen MR) is 85.8 cm³/mol. The summed E-state index contributed by atoms with van der Waals surface area (Å²) in [5.41, 5.74) is -0.0395. The molecule has 0 amide bonds. The Morgan fingerprint density at radius 3 is 2.22 bits per heavy atom. The number of fused-ring (bicyclic) bond motifs is 3. The van der Waals surface area contributed by atoms with Gasteiger partial charge in [-0.15, -0.1) is 0 Å². The van der Waals surface area contributed by atoms with Crippen LogP contribution >= 0.6 is 0 Å². The van der Waals surface area contributed by atoms with E-state index in [1.807, 2.05) is 0 Å². The Morgan fingerprint density at radius 1 is 1.00 bits per heavy atom. The molecule has 0 aromatic carbocycles. The van der Waals surface area contributed by atoms with E-state index in [2.05, 4.69) is 32.9 Å². The van der Waals surface area contributed by atoms with Gasteiger partial charge in [0.15, 0.2) is 6.29 Å². The molecule has 0 aromatic rings. The molecule has 0 atom stereocenters. The maximum absolute atomic E-state index is 5.80. The van der Waals surface area contributed by atoms with E-state index in [4.69, 9.17) is 23.7 Å². The summed E-state index contributed by atoms with van der Waals surface area (Å²) in [5.74, 6) is -0.772. The third-order valence-corrected chi connectivity index (χ3v) is 4.80. The normalized spacial score (nSPS) is 35.4. The first-order chi connectivity index (χ1) is 10.9. The average molecular weight is 326 g/mol. The fourth-order valence-corrected chi connectivity index (χ4v) is 3.18. The molecule has 4 saturated heterocycles. The van der Waals surface area contributed by atoms with Crippen molar-refractivity contribution in [1.29, 1.82) is 0 Å². The first kappa shape index (κ1) is 17.4. The Kier molecular flexibility index (Phi) is 5.14. The van der Waals surface area contributed by atoms with Gasteiger partial charge in [0, 0.05) is 17.3 Å². The molecule has 0 spiro atoms. The molecular weight excluding hydrogens is 296 g/mol. The lowest BCUT2D eigenvalue weighted by Crippen LogP contribution is -2.58. The second kappa shape index (κ2) is 6.81. The molecule has 2 bridgehead atoms. The Hall–Kier alpha value is -0.460. The highest BCUT2D eigenvalue weighted by Gasteiger charge is 2.49. The number of ether oxygens (including phenoxy) is 5. The van der Waals surface area contributed by atoms with Gasteiger partial charge < -0.3 is 23.7 Å². The SMILES string of the molecule is CC12COC(CCCC/C=C\C(C)(C)C3OCCO3)(OC1)OC2. The molecule has 4 rings (SSSR count). The molecule has 0 aliphatic carbocycles. The zero-order valence-corrected chi connectivity index (χ0v) is 14.6. The average Bonchev–Trinajstić information content (AvgIpc) is 3.08. The van der Waals surface area contributed by atoms with Crippen molar-refractivity contribution >= 4 is 0 Å². The maximum Gasteiger partial charge on any atom is 0.282 e. The summed E-state index contributed by atoms with van der Waals surface area (Å²) in [4.78, 5) is 0. The largest absolute Gasteiger partial charge is 0.349 e. The van der Waals surface area contributed by atoms with E-state index in [0.29, 0.717) is 13.2 Å². The molecule has 5 nitrogen and oxygen atoms in total. The third-order valence-electron chi connectivity index (χ3n) is 4.80. The van der Waals surface area contributed by atoms with Gasteiger partial charge in [-0.2, -0.15) is 0 Å². The second-order valence-corrected chi connectivity index (χ2v) is 7.90. The lowest BCUT2D eigenvalue weighted by atomic mass is 9.91. The zero-order valence-electron chi connectivity index (χ0n) is 14.6. The van der Waals surface area contributed by atoms with Crippen molar-refractivity contribution in [3.63, 3.8) is 0 Å². The van der Waals surface area contributed by atoms with Crippen LogP contribution in [-0.4, -0.2) is 45.3 Å². The van der Waals surface area contributed by atoms with Crippen molar-refractivity contribution < 1.29 is 23.7 Å². The third kappa shape index (κ3) is 4.15.